The summed E-state index contributed by atoms with van der Waals surface area (Å²) in [5.74, 6) is -1.16. The molecule has 0 spiro atoms. The van der Waals surface area contributed by atoms with Crippen molar-refractivity contribution in [2.24, 2.45) is 5.41 Å². The molecule has 0 rings (SSSR count). The van der Waals surface area contributed by atoms with Gasteiger partial charge in [-0.3, -0.25) is 4.79 Å². The summed E-state index contributed by atoms with van der Waals surface area (Å²) in [6.07, 6.45) is 1.45. The summed E-state index contributed by atoms with van der Waals surface area (Å²) in [7, 11) is 0. The van der Waals surface area contributed by atoms with Gasteiger partial charge in [-0.2, -0.15) is 0 Å². The molecule has 0 aromatic heterocycles. The molecule has 0 saturated carbocycles. The molecule has 0 fully saturated rings. The van der Waals surface area contributed by atoms with Gasteiger partial charge in [0, 0.05) is 0 Å². The Labute approximate surface area is 66.2 Å². The molecule has 0 aromatic rings. The van der Waals surface area contributed by atoms with Gasteiger partial charge in [-0.25, -0.2) is 4.85 Å². The first kappa shape index (κ1) is 9.70. The fraction of sp³-hybridized carbons (Fsp3) is 0.500. The largest absolute Gasteiger partial charge is 0.486 e. The van der Waals surface area contributed by atoms with Crippen molar-refractivity contribution in [2.75, 3.05) is 0 Å². The topological polar surface area (TPSA) is 41.7 Å². The summed E-state index contributed by atoms with van der Waals surface area (Å²) in [4.78, 5) is 13.2. The van der Waals surface area contributed by atoms with Gasteiger partial charge in [0.2, 0.25) is 0 Å². The number of rotatable bonds is 1. The number of carboxylic acid groups (broad SMARTS) is 1. The van der Waals surface area contributed by atoms with Crippen molar-refractivity contribution in [3.63, 3.8) is 0 Å². The smallest absolute Gasteiger partial charge is 0.333 e. The first-order valence-electron chi connectivity index (χ1n) is 3.20. The van der Waals surface area contributed by atoms with Crippen LogP contribution in [-0.2, 0) is 4.79 Å². The highest BCUT2D eigenvalue weighted by molar-refractivity contribution is 5.88. The lowest BCUT2D eigenvalue weighted by Gasteiger charge is -2.11. The quantitative estimate of drug-likeness (QED) is 0.462. The van der Waals surface area contributed by atoms with Crippen molar-refractivity contribution in [3.05, 3.63) is 23.2 Å². The van der Waals surface area contributed by atoms with Crippen molar-refractivity contribution in [1.82, 2.24) is 0 Å². The van der Waals surface area contributed by atoms with Gasteiger partial charge in [-0.1, -0.05) is 26.8 Å². The third-order valence-electron chi connectivity index (χ3n) is 0.909. The molecule has 0 aliphatic rings. The SMILES string of the molecule is [C-]#[N+]C(=CC(C)(C)C)C(=O)O. The monoisotopic (exact) mass is 153 g/mol. The molecule has 0 amide bonds. The third kappa shape index (κ3) is 4.15. The van der Waals surface area contributed by atoms with Crippen LogP contribution in [0.3, 0.4) is 0 Å². The molecule has 0 atom stereocenters. The number of carbonyl (C=O) groups is 1. The number of allylic oxidation sites excluding steroid dienone is 1. The van der Waals surface area contributed by atoms with Crippen LogP contribution in [0, 0.1) is 12.0 Å². The second-order valence-corrected chi connectivity index (χ2v) is 3.31. The Balaban J connectivity index is 4.68. The van der Waals surface area contributed by atoms with Gasteiger partial charge < -0.3 is 5.11 Å². The summed E-state index contributed by atoms with van der Waals surface area (Å²) >= 11 is 0. The van der Waals surface area contributed by atoms with Crippen LogP contribution >= 0.6 is 0 Å². The predicted octanol–water partition coefficient (Wildman–Crippen LogP) is 1.92. The van der Waals surface area contributed by atoms with Crippen molar-refractivity contribution >= 4 is 5.97 Å². The Morgan fingerprint density at radius 1 is 1.55 bits per heavy atom. The Morgan fingerprint density at radius 3 is 2.09 bits per heavy atom. The standard InChI is InChI=1S/C8H11NO2/c1-8(2,3)5-6(9-4)7(10)11/h5H,1-3H3,(H,10,11). The molecule has 0 aliphatic carbocycles. The lowest BCUT2D eigenvalue weighted by atomic mass is 9.95. The van der Waals surface area contributed by atoms with E-state index in [0.717, 1.165) is 0 Å². The van der Waals surface area contributed by atoms with Crippen molar-refractivity contribution in [3.8, 4) is 0 Å². The molecular weight excluding hydrogens is 142 g/mol. The minimum absolute atomic E-state index is 0.211. The third-order valence-corrected chi connectivity index (χ3v) is 0.909. The zero-order valence-corrected chi connectivity index (χ0v) is 6.88. The number of carboxylic acids is 1. The maximum atomic E-state index is 10.3. The molecule has 0 aromatic carbocycles. The lowest BCUT2D eigenvalue weighted by Crippen LogP contribution is -2.05. The Morgan fingerprint density at radius 2 is 2.00 bits per heavy atom. The first-order chi connectivity index (χ1) is 4.87. The number of aliphatic carboxylic acids is 1. The molecule has 0 saturated heterocycles. The van der Waals surface area contributed by atoms with E-state index in [1.165, 1.54) is 6.08 Å². The summed E-state index contributed by atoms with van der Waals surface area (Å²) in [5.41, 5.74) is -0.462. The minimum atomic E-state index is -1.16. The van der Waals surface area contributed by atoms with Gasteiger partial charge in [-0.15, -0.1) is 0 Å². The van der Waals surface area contributed by atoms with E-state index in [0.29, 0.717) is 0 Å². The van der Waals surface area contributed by atoms with Crippen LogP contribution in [0.4, 0.5) is 0 Å². The second-order valence-electron chi connectivity index (χ2n) is 3.31. The highest BCUT2D eigenvalue weighted by atomic mass is 16.4. The van der Waals surface area contributed by atoms with E-state index < -0.39 is 5.97 Å². The molecule has 0 aliphatic heterocycles. The van der Waals surface area contributed by atoms with E-state index in [9.17, 15) is 4.79 Å². The fourth-order valence-electron chi connectivity index (χ4n) is 0.552. The Bertz CT molecular complexity index is 227. The van der Waals surface area contributed by atoms with E-state index in [2.05, 4.69) is 4.85 Å². The zero-order chi connectivity index (χ0) is 9.07. The van der Waals surface area contributed by atoms with Crippen LogP contribution in [0.25, 0.3) is 4.85 Å². The Kier molecular flexibility index (Phi) is 2.82. The maximum absolute atomic E-state index is 10.3. The number of hydrogen-bond acceptors (Lipinski definition) is 1. The summed E-state index contributed by atoms with van der Waals surface area (Å²) < 4.78 is 0. The molecule has 0 radical (unpaired) electrons. The van der Waals surface area contributed by atoms with E-state index in [4.69, 9.17) is 11.7 Å². The van der Waals surface area contributed by atoms with E-state index >= 15 is 0 Å². The molecule has 3 heteroatoms. The first-order valence-corrected chi connectivity index (χ1v) is 3.20. The highest BCUT2D eigenvalue weighted by Gasteiger charge is 2.13. The molecule has 0 bridgehead atoms. The summed E-state index contributed by atoms with van der Waals surface area (Å²) in [6, 6.07) is 0. The van der Waals surface area contributed by atoms with Crippen molar-refractivity contribution < 1.29 is 9.90 Å². The average Bonchev–Trinajstić information content (AvgIpc) is 1.80. The van der Waals surface area contributed by atoms with Gasteiger partial charge in [0.05, 0.1) is 6.57 Å². The number of nitrogens with zero attached hydrogens (tertiary/aromatic N) is 1. The molecule has 0 heterocycles. The van der Waals surface area contributed by atoms with Crippen molar-refractivity contribution in [1.29, 1.82) is 0 Å². The molecule has 1 N–H and O–H groups in total. The average molecular weight is 153 g/mol. The molecule has 0 unspecified atom stereocenters. The maximum Gasteiger partial charge on any atom is 0.333 e. The molecule has 60 valence electrons. The van der Waals surface area contributed by atoms with Gasteiger partial charge in [0.1, 0.15) is 0 Å². The van der Waals surface area contributed by atoms with Crippen molar-refractivity contribution in [2.45, 2.75) is 20.8 Å². The van der Waals surface area contributed by atoms with Gasteiger partial charge in [-0.05, 0) is 5.41 Å². The lowest BCUT2D eigenvalue weighted by molar-refractivity contribution is -0.132. The summed E-state index contributed by atoms with van der Waals surface area (Å²) in [5, 5.41) is 8.45. The van der Waals surface area contributed by atoms with Crippen LogP contribution in [0.1, 0.15) is 20.8 Å². The van der Waals surface area contributed by atoms with Gasteiger partial charge in [0.15, 0.2) is 0 Å². The normalized spacial score (nSPS) is 12.4. The van der Waals surface area contributed by atoms with Crippen LogP contribution in [0.5, 0.6) is 0 Å². The molecule has 3 nitrogen and oxygen atoms in total. The number of hydrogen-bond donors (Lipinski definition) is 1. The minimum Gasteiger partial charge on any atom is -0.486 e. The highest BCUT2D eigenvalue weighted by Crippen LogP contribution is 2.17. The second kappa shape index (κ2) is 3.20. The summed E-state index contributed by atoms with van der Waals surface area (Å²) in [6.45, 7) is 12.1. The Hall–Kier alpha value is -1.30. The predicted molar refractivity (Wildman–Crippen MR) is 41.8 cm³/mol. The fourth-order valence-corrected chi connectivity index (χ4v) is 0.552. The van der Waals surface area contributed by atoms with E-state index in [1.54, 1.807) is 0 Å². The van der Waals surface area contributed by atoms with Crippen LogP contribution in [-0.4, -0.2) is 11.1 Å². The van der Waals surface area contributed by atoms with E-state index in [-0.39, 0.29) is 11.1 Å². The molecular formula is C8H11NO2. The zero-order valence-electron chi connectivity index (χ0n) is 6.88. The van der Waals surface area contributed by atoms with Crippen LogP contribution in [0.2, 0.25) is 0 Å². The van der Waals surface area contributed by atoms with Crippen LogP contribution < -0.4 is 0 Å². The van der Waals surface area contributed by atoms with E-state index in [1.807, 2.05) is 20.8 Å². The van der Waals surface area contributed by atoms with Crippen LogP contribution in [0.15, 0.2) is 11.8 Å². The van der Waals surface area contributed by atoms with Gasteiger partial charge in [0.25, 0.3) is 5.70 Å². The molecule has 11 heavy (non-hydrogen) atoms. The van der Waals surface area contributed by atoms with Gasteiger partial charge >= 0.3 is 5.97 Å².